The molecule has 0 aromatic carbocycles. The molecular weight excluding hydrogens is 252 g/mol. The number of urea groups is 1. The SMILES string of the molecule is CSC1CCCC1NC(=O)N1CC(CC(=O)O)C1. The van der Waals surface area contributed by atoms with Crippen LogP contribution in [0.4, 0.5) is 4.79 Å². The first-order valence-corrected chi connectivity index (χ1v) is 7.69. The van der Waals surface area contributed by atoms with Crippen molar-refractivity contribution >= 4 is 23.8 Å². The van der Waals surface area contributed by atoms with Gasteiger partial charge in [0.25, 0.3) is 0 Å². The number of aliphatic carboxylic acids is 1. The molecule has 2 N–H and O–H groups in total. The first-order chi connectivity index (χ1) is 8.60. The molecule has 102 valence electrons. The third-order valence-electron chi connectivity index (χ3n) is 3.77. The summed E-state index contributed by atoms with van der Waals surface area (Å²) in [5.41, 5.74) is 0. The Labute approximate surface area is 111 Å². The van der Waals surface area contributed by atoms with E-state index in [9.17, 15) is 9.59 Å². The van der Waals surface area contributed by atoms with E-state index in [4.69, 9.17) is 5.11 Å². The minimum absolute atomic E-state index is 0.0254. The standard InChI is InChI=1S/C12H20N2O3S/c1-18-10-4-2-3-9(10)13-12(17)14-6-8(7-14)5-11(15)16/h8-10H,2-7H2,1H3,(H,13,17)(H,15,16). The maximum Gasteiger partial charge on any atom is 0.317 e. The van der Waals surface area contributed by atoms with Crippen molar-refractivity contribution in [3.63, 3.8) is 0 Å². The first-order valence-electron chi connectivity index (χ1n) is 6.40. The summed E-state index contributed by atoms with van der Waals surface area (Å²) in [6.45, 7) is 1.16. The van der Waals surface area contributed by atoms with Crippen molar-refractivity contribution in [2.24, 2.45) is 5.92 Å². The molecule has 1 aliphatic heterocycles. The highest BCUT2D eigenvalue weighted by atomic mass is 32.2. The van der Waals surface area contributed by atoms with E-state index >= 15 is 0 Å². The van der Waals surface area contributed by atoms with Gasteiger partial charge < -0.3 is 15.3 Å². The molecule has 0 aromatic heterocycles. The Bertz CT molecular complexity index is 331. The van der Waals surface area contributed by atoms with E-state index in [1.807, 2.05) is 11.8 Å². The average molecular weight is 272 g/mol. The molecule has 0 bridgehead atoms. The van der Waals surface area contributed by atoms with Crippen LogP contribution >= 0.6 is 11.8 Å². The number of carboxylic acid groups (broad SMARTS) is 1. The maximum absolute atomic E-state index is 11.9. The molecule has 2 rings (SSSR count). The Kier molecular flexibility index (Phi) is 4.37. The number of amides is 2. The Morgan fingerprint density at radius 3 is 2.72 bits per heavy atom. The summed E-state index contributed by atoms with van der Waals surface area (Å²) in [5.74, 6) is -0.647. The number of likely N-dealkylation sites (tertiary alicyclic amines) is 1. The fourth-order valence-electron chi connectivity index (χ4n) is 2.73. The molecule has 2 fully saturated rings. The van der Waals surface area contributed by atoms with Gasteiger partial charge in [0.2, 0.25) is 0 Å². The van der Waals surface area contributed by atoms with Crippen LogP contribution in [0.3, 0.4) is 0 Å². The molecule has 0 radical (unpaired) electrons. The molecule has 1 heterocycles. The number of thioether (sulfide) groups is 1. The van der Waals surface area contributed by atoms with Crippen molar-refractivity contribution in [2.75, 3.05) is 19.3 Å². The highest BCUT2D eigenvalue weighted by Gasteiger charge is 2.35. The molecule has 1 saturated heterocycles. The van der Waals surface area contributed by atoms with Crippen LogP contribution in [0.2, 0.25) is 0 Å². The van der Waals surface area contributed by atoms with Crippen molar-refractivity contribution in [3.05, 3.63) is 0 Å². The fourth-order valence-corrected chi connectivity index (χ4v) is 3.67. The van der Waals surface area contributed by atoms with Gasteiger partial charge in [-0.3, -0.25) is 4.79 Å². The average Bonchev–Trinajstić information content (AvgIpc) is 2.69. The number of carboxylic acids is 1. The smallest absolute Gasteiger partial charge is 0.317 e. The highest BCUT2D eigenvalue weighted by molar-refractivity contribution is 7.99. The normalized spacial score (nSPS) is 27.9. The third kappa shape index (κ3) is 3.10. The third-order valence-corrected chi connectivity index (χ3v) is 4.94. The molecule has 6 heteroatoms. The molecule has 2 amide bonds. The lowest BCUT2D eigenvalue weighted by Gasteiger charge is -2.39. The molecule has 2 aliphatic rings. The van der Waals surface area contributed by atoms with Crippen LogP contribution in [-0.2, 0) is 4.79 Å². The summed E-state index contributed by atoms with van der Waals surface area (Å²) in [5, 5.41) is 12.3. The van der Waals surface area contributed by atoms with Gasteiger partial charge in [0.1, 0.15) is 0 Å². The van der Waals surface area contributed by atoms with Crippen molar-refractivity contribution < 1.29 is 14.7 Å². The van der Waals surface area contributed by atoms with Crippen LogP contribution in [0.5, 0.6) is 0 Å². The molecule has 2 unspecified atom stereocenters. The zero-order valence-corrected chi connectivity index (χ0v) is 11.4. The zero-order valence-electron chi connectivity index (χ0n) is 10.6. The Balaban J connectivity index is 1.72. The summed E-state index contributed by atoms with van der Waals surface area (Å²) in [7, 11) is 0. The predicted octanol–water partition coefficient (Wildman–Crippen LogP) is 1.39. The van der Waals surface area contributed by atoms with Crippen LogP contribution < -0.4 is 5.32 Å². The van der Waals surface area contributed by atoms with Gasteiger partial charge in [0.15, 0.2) is 0 Å². The van der Waals surface area contributed by atoms with Crippen molar-refractivity contribution in [1.29, 1.82) is 0 Å². The summed E-state index contributed by atoms with van der Waals surface area (Å²) in [6.07, 6.45) is 5.66. The van der Waals surface area contributed by atoms with Gasteiger partial charge in [-0.25, -0.2) is 4.79 Å². The molecule has 18 heavy (non-hydrogen) atoms. The van der Waals surface area contributed by atoms with Crippen LogP contribution in [0.25, 0.3) is 0 Å². The van der Waals surface area contributed by atoms with E-state index < -0.39 is 5.97 Å². The second kappa shape index (κ2) is 5.82. The van der Waals surface area contributed by atoms with Gasteiger partial charge in [-0.1, -0.05) is 6.42 Å². The molecule has 2 atom stereocenters. The summed E-state index contributed by atoms with van der Waals surface area (Å²) >= 11 is 1.82. The summed E-state index contributed by atoms with van der Waals surface area (Å²) in [4.78, 5) is 24.2. The van der Waals surface area contributed by atoms with Crippen molar-refractivity contribution in [2.45, 2.75) is 37.0 Å². The lowest BCUT2D eigenvalue weighted by atomic mass is 9.97. The van der Waals surface area contributed by atoms with Gasteiger partial charge >= 0.3 is 12.0 Å². The maximum atomic E-state index is 11.9. The number of nitrogens with one attached hydrogen (secondary N) is 1. The van der Waals surface area contributed by atoms with E-state index in [1.54, 1.807) is 4.90 Å². The quantitative estimate of drug-likeness (QED) is 0.811. The van der Waals surface area contributed by atoms with Gasteiger partial charge in [-0.2, -0.15) is 11.8 Å². The summed E-state index contributed by atoms with van der Waals surface area (Å²) < 4.78 is 0. The lowest BCUT2D eigenvalue weighted by molar-refractivity contribution is -0.139. The van der Waals surface area contributed by atoms with E-state index in [-0.39, 0.29) is 24.4 Å². The van der Waals surface area contributed by atoms with E-state index in [2.05, 4.69) is 11.6 Å². The number of nitrogens with zero attached hydrogens (tertiary/aromatic N) is 1. The second-order valence-corrected chi connectivity index (χ2v) is 6.21. The number of rotatable bonds is 4. The molecular formula is C12H20N2O3S. The zero-order chi connectivity index (χ0) is 13.1. The predicted molar refractivity (Wildman–Crippen MR) is 70.8 cm³/mol. The van der Waals surface area contributed by atoms with Crippen molar-refractivity contribution in [1.82, 2.24) is 10.2 Å². The van der Waals surface area contributed by atoms with Gasteiger partial charge in [0, 0.05) is 30.3 Å². The Morgan fingerprint density at radius 2 is 2.11 bits per heavy atom. The molecule has 0 spiro atoms. The first kappa shape index (κ1) is 13.5. The molecule has 1 saturated carbocycles. The minimum Gasteiger partial charge on any atom is -0.481 e. The van der Waals surface area contributed by atoms with Crippen LogP contribution in [0, 0.1) is 5.92 Å². The molecule has 1 aliphatic carbocycles. The summed E-state index contributed by atoms with van der Waals surface area (Å²) in [6, 6.07) is 0.258. The van der Waals surface area contributed by atoms with Crippen LogP contribution in [0.15, 0.2) is 0 Å². The second-order valence-electron chi connectivity index (χ2n) is 5.13. The minimum atomic E-state index is -0.779. The van der Waals surface area contributed by atoms with Gasteiger partial charge in [0.05, 0.1) is 6.42 Å². The lowest BCUT2D eigenvalue weighted by Crippen LogP contribution is -2.56. The van der Waals surface area contributed by atoms with E-state index in [1.165, 1.54) is 12.8 Å². The fraction of sp³-hybridized carbons (Fsp3) is 0.833. The van der Waals surface area contributed by atoms with Crippen LogP contribution in [0.1, 0.15) is 25.7 Å². The largest absolute Gasteiger partial charge is 0.481 e. The Hall–Kier alpha value is -0.910. The monoisotopic (exact) mass is 272 g/mol. The number of carbonyl (C=O) groups is 2. The topological polar surface area (TPSA) is 69.6 Å². The van der Waals surface area contributed by atoms with Gasteiger partial charge in [-0.05, 0) is 19.1 Å². The molecule has 5 nitrogen and oxygen atoms in total. The van der Waals surface area contributed by atoms with Crippen LogP contribution in [-0.4, -0.2) is 52.6 Å². The molecule has 0 aromatic rings. The van der Waals surface area contributed by atoms with E-state index in [0.717, 1.165) is 6.42 Å². The van der Waals surface area contributed by atoms with E-state index in [0.29, 0.717) is 18.3 Å². The number of hydrogen-bond acceptors (Lipinski definition) is 3. The highest BCUT2D eigenvalue weighted by Crippen LogP contribution is 2.29. The number of carbonyl (C=O) groups excluding carboxylic acids is 1. The van der Waals surface area contributed by atoms with Crippen molar-refractivity contribution in [3.8, 4) is 0 Å². The Morgan fingerprint density at radius 1 is 1.39 bits per heavy atom. The number of hydrogen-bond donors (Lipinski definition) is 2. The van der Waals surface area contributed by atoms with Gasteiger partial charge in [-0.15, -0.1) is 0 Å².